The zero-order chi connectivity index (χ0) is 16.2. The molecule has 0 radical (unpaired) electrons. The van der Waals surface area contributed by atoms with Gasteiger partial charge < -0.3 is 20.7 Å². The van der Waals surface area contributed by atoms with Gasteiger partial charge in [0, 0.05) is 31.4 Å². The molecule has 2 aliphatic heterocycles. The molecule has 23 heavy (non-hydrogen) atoms. The number of nitrogens with one attached hydrogen (secondary N) is 1. The van der Waals surface area contributed by atoms with Gasteiger partial charge in [-0.3, -0.25) is 4.79 Å². The van der Waals surface area contributed by atoms with E-state index in [1.54, 1.807) is 0 Å². The highest BCUT2D eigenvalue weighted by Gasteiger charge is 2.31. The first-order valence-electron chi connectivity index (χ1n) is 8.50. The van der Waals surface area contributed by atoms with Crippen molar-refractivity contribution in [3.05, 3.63) is 23.9 Å². The smallest absolute Gasteiger partial charge is 0.249 e. The van der Waals surface area contributed by atoms with Crippen LogP contribution < -0.4 is 16.0 Å². The summed E-state index contributed by atoms with van der Waals surface area (Å²) in [5, 5.41) is 3.14. The van der Waals surface area contributed by atoms with E-state index in [9.17, 15) is 4.79 Å². The molecular formula is C17H26N4O2. The molecule has 6 nitrogen and oxygen atoms in total. The minimum atomic E-state index is -0.319. The number of aromatic nitrogens is 1. The van der Waals surface area contributed by atoms with Gasteiger partial charge in [0.1, 0.15) is 11.9 Å². The molecule has 3 heterocycles. The minimum absolute atomic E-state index is 0.0214. The molecule has 0 aliphatic carbocycles. The maximum Gasteiger partial charge on any atom is 0.249 e. The maximum absolute atomic E-state index is 12.3. The molecule has 126 valence electrons. The molecule has 1 aromatic rings. The summed E-state index contributed by atoms with van der Waals surface area (Å²) in [5.41, 5.74) is 6.63. The number of hydrogen-bond acceptors (Lipinski definition) is 5. The fourth-order valence-corrected chi connectivity index (χ4v) is 3.32. The zero-order valence-electron chi connectivity index (χ0n) is 13.7. The zero-order valence-corrected chi connectivity index (χ0v) is 13.7. The van der Waals surface area contributed by atoms with E-state index >= 15 is 0 Å². The highest BCUT2D eigenvalue weighted by atomic mass is 16.5. The normalized spacial score (nSPS) is 25.6. The minimum Gasteiger partial charge on any atom is -0.364 e. The molecule has 0 unspecified atom stereocenters. The topological polar surface area (TPSA) is 80.5 Å². The molecule has 0 saturated carbocycles. The van der Waals surface area contributed by atoms with Gasteiger partial charge in [-0.25, -0.2) is 4.98 Å². The Balaban J connectivity index is 1.47. The lowest BCUT2D eigenvalue weighted by Gasteiger charge is -2.33. The molecule has 2 aliphatic rings. The van der Waals surface area contributed by atoms with Crippen LogP contribution in [-0.2, 0) is 9.53 Å². The number of nitrogens with zero attached hydrogens (tertiary/aromatic N) is 2. The van der Waals surface area contributed by atoms with E-state index in [2.05, 4.69) is 15.2 Å². The van der Waals surface area contributed by atoms with Crippen LogP contribution in [0.15, 0.2) is 18.2 Å². The van der Waals surface area contributed by atoms with Crippen LogP contribution in [-0.4, -0.2) is 48.8 Å². The second kappa shape index (κ2) is 7.27. The number of pyridine rings is 1. The van der Waals surface area contributed by atoms with Gasteiger partial charge in [-0.15, -0.1) is 0 Å². The Labute approximate surface area is 137 Å². The summed E-state index contributed by atoms with van der Waals surface area (Å²) in [6.45, 7) is 4.33. The van der Waals surface area contributed by atoms with E-state index in [0.717, 1.165) is 50.3 Å². The first kappa shape index (κ1) is 16.2. The number of rotatable bonds is 4. The standard InChI is InChI=1S/C17H26N4O2/c1-12-3-2-4-16(19-12)21-9-7-13(8-10-21)20-17(22)15-6-5-14(11-18)23-15/h2-4,13-15H,5-11,18H2,1H3,(H,20,22)/t14-,15+/m1/s1. The van der Waals surface area contributed by atoms with Crippen molar-refractivity contribution in [1.82, 2.24) is 10.3 Å². The van der Waals surface area contributed by atoms with Crippen LogP contribution >= 0.6 is 0 Å². The van der Waals surface area contributed by atoms with Gasteiger partial charge in [0.15, 0.2) is 0 Å². The molecule has 0 aromatic carbocycles. The van der Waals surface area contributed by atoms with Crippen LogP contribution in [0.3, 0.4) is 0 Å². The average molecular weight is 318 g/mol. The molecule has 0 spiro atoms. The molecule has 2 saturated heterocycles. The van der Waals surface area contributed by atoms with Gasteiger partial charge in [0.25, 0.3) is 0 Å². The Morgan fingerprint density at radius 2 is 2.13 bits per heavy atom. The molecule has 0 bridgehead atoms. The lowest BCUT2D eigenvalue weighted by atomic mass is 10.0. The van der Waals surface area contributed by atoms with Gasteiger partial charge in [0.05, 0.1) is 6.10 Å². The molecule has 3 N–H and O–H groups in total. The molecule has 3 rings (SSSR count). The van der Waals surface area contributed by atoms with Crippen LogP contribution in [0.25, 0.3) is 0 Å². The molecule has 1 amide bonds. The lowest BCUT2D eigenvalue weighted by molar-refractivity contribution is -0.132. The van der Waals surface area contributed by atoms with E-state index in [0.29, 0.717) is 6.54 Å². The van der Waals surface area contributed by atoms with Crippen molar-refractivity contribution in [2.24, 2.45) is 5.73 Å². The van der Waals surface area contributed by atoms with E-state index in [1.165, 1.54) is 0 Å². The number of hydrogen-bond donors (Lipinski definition) is 2. The predicted octanol–water partition coefficient (Wildman–Crippen LogP) is 0.981. The van der Waals surface area contributed by atoms with Gasteiger partial charge in [-0.2, -0.15) is 0 Å². The monoisotopic (exact) mass is 318 g/mol. The second-order valence-corrected chi connectivity index (χ2v) is 6.47. The Morgan fingerprint density at radius 3 is 2.78 bits per heavy atom. The summed E-state index contributed by atoms with van der Waals surface area (Å²) in [4.78, 5) is 19.1. The van der Waals surface area contributed by atoms with E-state index in [-0.39, 0.29) is 24.2 Å². The third kappa shape index (κ3) is 4.00. The van der Waals surface area contributed by atoms with Crippen LogP contribution in [0.2, 0.25) is 0 Å². The number of aryl methyl sites for hydroxylation is 1. The Bertz CT molecular complexity index is 543. The van der Waals surface area contributed by atoms with Crippen molar-refractivity contribution < 1.29 is 9.53 Å². The summed E-state index contributed by atoms with van der Waals surface area (Å²) in [6, 6.07) is 6.32. The first-order valence-corrected chi connectivity index (χ1v) is 8.50. The molecular weight excluding hydrogens is 292 g/mol. The predicted molar refractivity (Wildman–Crippen MR) is 89.3 cm³/mol. The Morgan fingerprint density at radius 1 is 1.35 bits per heavy atom. The van der Waals surface area contributed by atoms with Crippen LogP contribution in [0.5, 0.6) is 0 Å². The third-order valence-electron chi connectivity index (χ3n) is 4.70. The van der Waals surface area contributed by atoms with Crippen molar-refractivity contribution in [3.8, 4) is 0 Å². The van der Waals surface area contributed by atoms with Gasteiger partial charge in [-0.1, -0.05) is 6.07 Å². The summed E-state index contributed by atoms with van der Waals surface area (Å²) in [6.07, 6.45) is 3.26. The second-order valence-electron chi connectivity index (χ2n) is 6.47. The number of carbonyl (C=O) groups is 1. The van der Waals surface area contributed by atoms with Crippen molar-refractivity contribution >= 4 is 11.7 Å². The first-order chi connectivity index (χ1) is 11.2. The summed E-state index contributed by atoms with van der Waals surface area (Å²) < 4.78 is 5.66. The van der Waals surface area contributed by atoms with Gasteiger partial charge in [0.2, 0.25) is 5.91 Å². The van der Waals surface area contributed by atoms with Crippen LogP contribution in [0, 0.1) is 6.92 Å². The van der Waals surface area contributed by atoms with Crippen molar-refractivity contribution in [1.29, 1.82) is 0 Å². The number of carbonyl (C=O) groups excluding carboxylic acids is 1. The van der Waals surface area contributed by atoms with Crippen LogP contribution in [0.1, 0.15) is 31.4 Å². The highest BCUT2D eigenvalue weighted by Crippen LogP contribution is 2.21. The summed E-state index contributed by atoms with van der Waals surface area (Å²) in [5.74, 6) is 1.05. The lowest BCUT2D eigenvalue weighted by Crippen LogP contribution is -2.47. The fraction of sp³-hybridized carbons (Fsp3) is 0.647. The average Bonchev–Trinajstić information content (AvgIpc) is 3.05. The third-order valence-corrected chi connectivity index (χ3v) is 4.70. The van der Waals surface area contributed by atoms with E-state index < -0.39 is 0 Å². The largest absolute Gasteiger partial charge is 0.364 e. The van der Waals surface area contributed by atoms with Gasteiger partial charge in [-0.05, 0) is 44.7 Å². The van der Waals surface area contributed by atoms with Crippen molar-refractivity contribution in [3.63, 3.8) is 0 Å². The van der Waals surface area contributed by atoms with Gasteiger partial charge >= 0.3 is 0 Å². The molecule has 6 heteroatoms. The summed E-state index contributed by atoms with van der Waals surface area (Å²) >= 11 is 0. The fourth-order valence-electron chi connectivity index (χ4n) is 3.32. The van der Waals surface area contributed by atoms with Crippen molar-refractivity contribution in [2.45, 2.75) is 50.9 Å². The van der Waals surface area contributed by atoms with E-state index in [4.69, 9.17) is 10.5 Å². The van der Waals surface area contributed by atoms with Crippen LogP contribution in [0.4, 0.5) is 5.82 Å². The highest BCUT2D eigenvalue weighted by molar-refractivity contribution is 5.81. The summed E-state index contributed by atoms with van der Waals surface area (Å²) in [7, 11) is 0. The molecule has 2 fully saturated rings. The molecule has 1 aromatic heterocycles. The number of amides is 1. The number of ether oxygens (including phenoxy) is 1. The number of nitrogens with two attached hydrogens (primary N) is 1. The van der Waals surface area contributed by atoms with E-state index in [1.807, 2.05) is 25.1 Å². The number of piperidine rings is 1. The SMILES string of the molecule is Cc1cccc(N2CCC(NC(=O)[C@@H]3CC[C@H](CN)O3)CC2)n1. The Hall–Kier alpha value is -1.66. The Kier molecular flexibility index (Phi) is 5.13. The molecule has 2 atom stereocenters. The number of anilines is 1. The maximum atomic E-state index is 12.3. The van der Waals surface area contributed by atoms with Crippen molar-refractivity contribution in [2.75, 3.05) is 24.5 Å². The quantitative estimate of drug-likeness (QED) is 0.865.